The van der Waals surface area contributed by atoms with E-state index in [2.05, 4.69) is 11.9 Å². The summed E-state index contributed by atoms with van der Waals surface area (Å²) in [6.45, 7) is 2.27. The fraction of sp³-hybridized carbons (Fsp3) is 0.333. The fourth-order valence-electron chi connectivity index (χ4n) is 3.23. The van der Waals surface area contributed by atoms with E-state index in [0.29, 0.717) is 11.7 Å². The smallest absolute Gasteiger partial charge is 0.260 e. The van der Waals surface area contributed by atoms with Gasteiger partial charge < -0.3 is 9.72 Å². The van der Waals surface area contributed by atoms with Gasteiger partial charge in [-0.3, -0.25) is 4.79 Å². The predicted molar refractivity (Wildman–Crippen MR) is 93.4 cm³/mol. The molecule has 2 heterocycles. The number of nitrogens with zero attached hydrogens (tertiary/aromatic N) is 1. The molecule has 0 unspecified atom stereocenters. The zero-order valence-electron chi connectivity index (χ0n) is 13.2. The minimum Gasteiger partial charge on any atom is -0.497 e. The standard InChI is InChI=1S/C18H18N2O2S/c1-10-3-8-13-14(9-10)23-18-15(13)17(21)19-16(20-18)11-4-6-12(22-2)7-5-11/h4-7,10H,3,8-9H2,1-2H3,(H,19,20,21)/t10-/m1/s1. The highest BCUT2D eigenvalue weighted by Crippen LogP contribution is 2.36. The Balaban J connectivity index is 1.85. The molecular formula is C18H18N2O2S. The molecule has 1 aromatic carbocycles. The third-order valence-electron chi connectivity index (χ3n) is 4.53. The average Bonchev–Trinajstić information content (AvgIpc) is 2.92. The van der Waals surface area contributed by atoms with E-state index < -0.39 is 0 Å². The summed E-state index contributed by atoms with van der Waals surface area (Å²) in [5, 5.41) is 0.800. The molecule has 5 heteroatoms. The number of aryl methyl sites for hydroxylation is 1. The zero-order chi connectivity index (χ0) is 16.0. The minimum atomic E-state index is -0.0205. The highest BCUT2D eigenvalue weighted by Gasteiger charge is 2.23. The molecule has 1 aliphatic carbocycles. The van der Waals surface area contributed by atoms with Crippen LogP contribution >= 0.6 is 11.3 Å². The molecule has 0 aliphatic heterocycles. The van der Waals surface area contributed by atoms with Gasteiger partial charge >= 0.3 is 0 Å². The second-order valence-electron chi connectivity index (χ2n) is 6.17. The Morgan fingerprint density at radius 3 is 2.83 bits per heavy atom. The summed E-state index contributed by atoms with van der Waals surface area (Å²) < 4.78 is 5.17. The van der Waals surface area contributed by atoms with E-state index in [1.54, 1.807) is 18.4 Å². The lowest BCUT2D eigenvalue weighted by atomic mass is 9.89. The van der Waals surface area contributed by atoms with Crippen LogP contribution in [0.25, 0.3) is 21.6 Å². The van der Waals surface area contributed by atoms with Crippen molar-refractivity contribution < 1.29 is 4.74 Å². The Bertz CT molecular complexity index is 925. The highest BCUT2D eigenvalue weighted by molar-refractivity contribution is 7.18. The molecule has 0 amide bonds. The number of aromatic amines is 1. The van der Waals surface area contributed by atoms with Crippen molar-refractivity contribution in [3.8, 4) is 17.1 Å². The summed E-state index contributed by atoms with van der Waals surface area (Å²) >= 11 is 1.68. The number of hydrogen-bond acceptors (Lipinski definition) is 4. The lowest BCUT2D eigenvalue weighted by molar-refractivity contribution is 0.415. The van der Waals surface area contributed by atoms with Crippen LogP contribution in [0.4, 0.5) is 0 Å². The summed E-state index contributed by atoms with van der Waals surface area (Å²) in [5.74, 6) is 2.10. The number of rotatable bonds is 2. The maximum atomic E-state index is 12.6. The molecule has 1 aliphatic rings. The second-order valence-corrected chi connectivity index (χ2v) is 7.26. The number of ether oxygens (including phenoxy) is 1. The molecule has 4 rings (SSSR count). The van der Waals surface area contributed by atoms with Crippen molar-refractivity contribution in [2.45, 2.75) is 26.2 Å². The third-order valence-corrected chi connectivity index (χ3v) is 5.68. The number of thiophene rings is 1. The molecule has 1 atom stereocenters. The van der Waals surface area contributed by atoms with Gasteiger partial charge in [0.25, 0.3) is 5.56 Å². The van der Waals surface area contributed by atoms with Crippen molar-refractivity contribution in [2.75, 3.05) is 7.11 Å². The van der Waals surface area contributed by atoms with E-state index in [1.165, 1.54) is 10.4 Å². The quantitative estimate of drug-likeness (QED) is 0.779. The zero-order valence-corrected chi connectivity index (χ0v) is 14.0. The average molecular weight is 326 g/mol. The van der Waals surface area contributed by atoms with E-state index in [1.807, 2.05) is 24.3 Å². The van der Waals surface area contributed by atoms with Gasteiger partial charge in [-0.1, -0.05) is 6.92 Å². The normalized spacial score (nSPS) is 17.2. The number of methoxy groups -OCH3 is 1. The first-order valence-electron chi connectivity index (χ1n) is 7.84. The monoisotopic (exact) mass is 326 g/mol. The van der Waals surface area contributed by atoms with Gasteiger partial charge in [0.1, 0.15) is 16.4 Å². The lowest BCUT2D eigenvalue weighted by Gasteiger charge is -2.17. The van der Waals surface area contributed by atoms with Crippen LogP contribution in [-0.2, 0) is 12.8 Å². The maximum Gasteiger partial charge on any atom is 0.260 e. The Morgan fingerprint density at radius 2 is 2.09 bits per heavy atom. The van der Waals surface area contributed by atoms with Crippen LogP contribution in [0.15, 0.2) is 29.1 Å². The molecule has 0 radical (unpaired) electrons. The van der Waals surface area contributed by atoms with Gasteiger partial charge in [0.05, 0.1) is 12.5 Å². The fourth-order valence-corrected chi connectivity index (χ4v) is 4.62. The Morgan fingerprint density at radius 1 is 1.30 bits per heavy atom. The maximum absolute atomic E-state index is 12.6. The van der Waals surface area contributed by atoms with Crippen molar-refractivity contribution in [1.82, 2.24) is 9.97 Å². The van der Waals surface area contributed by atoms with Crippen molar-refractivity contribution in [3.63, 3.8) is 0 Å². The molecule has 3 aromatic rings. The molecule has 0 fully saturated rings. The number of H-pyrrole nitrogens is 1. The van der Waals surface area contributed by atoms with Gasteiger partial charge in [-0.2, -0.15) is 0 Å². The molecule has 2 aromatic heterocycles. The molecule has 0 bridgehead atoms. The topological polar surface area (TPSA) is 55.0 Å². The molecular weight excluding hydrogens is 308 g/mol. The van der Waals surface area contributed by atoms with Crippen LogP contribution in [0, 0.1) is 5.92 Å². The number of fused-ring (bicyclic) bond motifs is 3. The molecule has 4 nitrogen and oxygen atoms in total. The Hall–Kier alpha value is -2.14. The van der Waals surface area contributed by atoms with Crippen LogP contribution in [0.2, 0.25) is 0 Å². The summed E-state index contributed by atoms with van der Waals surface area (Å²) in [4.78, 5) is 22.5. The van der Waals surface area contributed by atoms with E-state index in [-0.39, 0.29) is 5.56 Å². The second kappa shape index (κ2) is 5.49. The summed E-state index contributed by atoms with van der Waals surface area (Å²) in [6.07, 6.45) is 3.20. The summed E-state index contributed by atoms with van der Waals surface area (Å²) in [6, 6.07) is 7.58. The number of nitrogens with one attached hydrogen (secondary N) is 1. The molecule has 0 saturated carbocycles. The summed E-state index contributed by atoms with van der Waals surface area (Å²) in [7, 11) is 1.64. The van der Waals surface area contributed by atoms with Crippen LogP contribution in [0.1, 0.15) is 23.8 Å². The van der Waals surface area contributed by atoms with Gasteiger partial charge in [0.15, 0.2) is 0 Å². The first kappa shape index (κ1) is 14.5. The Labute approximate surface area is 138 Å². The molecule has 0 saturated heterocycles. The lowest BCUT2D eigenvalue weighted by Crippen LogP contribution is -2.13. The molecule has 0 spiro atoms. The van der Waals surface area contributed by atoms with E-state index in [0.717, 1.165) is 40.8 Å². The number of hydrogen-bond donors (Lipinski definition) is 1. The van der Waals surface area contributed by atoms with Crippen molar-refractivity contribution in [1.29, 1.82) is 0 Å². The van der Waals surface area contributed by atoms with E-state index >= 15 is 0 Å². The van der Waals surface area contributed by atoms with Crippen LogP contribution < -0.4 is 10.3 Å². The van der Waals surface area contributed by atoms with E-state index in [9.17, 15) is 4.79 Å². The molecule has 23 heavy (non-hydrogen) atoms. The van der Waals surface area contributed by atoms with Crippen molar-refractivity contribution in [2.24, 2.45) is 5.92 Å². The van der Waals surface area contributed by atoms with Gasteiger partial charge in [-0.05, 0) is 55.0 Å². The summed E-state index contributed by atoms with van der Waals surface area (Å²) in [5.41, 5.74) is 2.09. The first-order valence-corrected chi connectivity index (χ1v) is 8.66. The van der Waals surface area contributed by atoms with Gasteiger partial charge in [0.2, 0.25) is 0 Å². The van der Waals surface area contributed by atoms with E-state index in [4.69, 9.17) is 9.72 Å². The third kappa shape index (κ3) is 2.45. The van der Waals surface area contributed by atoms with Gasteiger partial charge in [-0.15, -0.1) is 11.3 Å². The highest BCUT2D eigenvalue weighted by atomic mass is 32.1. The molecule has 118 valence electrons. The van der Waals surface area contributed by atoms with Crippen molar-refractivity contribution >= 4 is 21.6 Å². The number of aromatic nitrogens is 2. The molecule has 1 N–H and O–H groups in total. The van der Waals surface area contributed by atoms with Gasteiger partial charge in [0, 0.05) is 10.4 Å². The van der Waals surface area contributed by atoms with Crippen LogP contribution in [-0.4, -0.2) is 17.1 Å². The predicted octanol–water partition coefficient (Wildman–Crippen LogP) is 3.79. The number of benzene rings is 1. The van der Waals surface area contributed by atoms with Crippen LogP contribution in [0.3, 0.4) is 0 Å². The van der Waals surface area contributed by atoms with Crippen LogP contribution in [0.5, 0.6) is 5.75 Å². The largest absolute Gasteiger partial charge is 0.497 e. The van der Waals surface area contributed by atoms with Gasteiger partial charge in [-0.25, -0.2) is 4.98 Å². The van der Waals surface area contributed by atoms with Crippen molar-refractivity contribution in [3.05, 3.63) is 45.1 Å². The first-order chi connectivity index (χ1) is 11.2. The SMILES string of the molecule is COc1ccc(-c2nc3sc4c(c3c(=O)[nH]2)CC[C@@H](C)C4)cc1. The Kier molecular flexibility index (Phi) is 3.45. The minimum absolute atomic E-state index is 0.0205.